The summed E-state index contributed by atoms with van der Waals surface area (Å²) in [5.74, 6) is -1.53. The third kappa shape index (κ3) is 33.2. The third-order valence-electron chi connectivity index (χ3n) is 10.3. The van der Waals surface area contributed by atoms with Crippen molar-refractivity contribution in [2.45, 2.75) is 186 Å². The van der Waals surface area contributed by atoms with Gasteiger partial charge in [-0.2, -0.15) is 0 Å². The number of hydrogen-bond acceptors (Lipinski definition) is 12. The highest BCUT2D eigenvalue weighted by atomic mass is 31.2. The van der Waals surface area contributed by atoms with E-state index >= 15 is 0 Å². The van der Waals surface area contributed by atoms with E-state index < -0.39 is 72.3 Å². The second kappa shape index (κ2) is 35.3. The summed E-state index contributed by atoms with van der Waals surface area (Å²) in [4.78, 5) is 65.3. The predicted molar refractivity (Wildman–Crippen MR) is 234 cm³/mol. The number of unbranched alkanes of at least 4 members (excludes halogenated alkanes) is 17. The van der Waals surface area contributed by atoms with Gasteiger partial charge in [-0.1, -0.05) is 153 Å². The van der Waals surface area contributed by atoms with Gasteiger partial charge in [-0.15, -0.1) is 0 Å². The SMILES string of the molecule is CCCCCCCCCCCCCCCCCC(=O)OC[C@H](COP(=O)(O)OC[C@@H](O)COP(=O)(O)O)OC(=O)CCC/C=C\C[C@H]1C=CC(=O)[C@@H]1/C=C/[C@@H](O)CCCCC. The number of carbonyl (C=O) groups is 3. The maximum atomic E-state index is 12.8. The highest BCUT2D eigenvalue weighted by Crippen LogP contribution is 2.44. The molecule has 15 nitrogen and oxygen atoms in total. The molecule has 0 aromatic carbocycles. The Morgan fingerprint density at radius 2 is 1.23 bits per heavy atom. The molecule has 1 unspecified atom stereocenters. The number of hydrogen-bond donors (Lipinski definition) is 5. The van der Waals surface area contributed by atoms with Gasteiger partial charge >= 0.3 is 27.6 Å². The summed E-state index contributed by atoms with van der Waals surface area (Å²) in [7, 11) is -9.75. The number of aliphatic hydroxyl groups is 2. The Kier molecular flexibility index (Phi) is 33.0. The van der Waals surface area contributed by atoms with Crippen molar-refractivity contribution < 1.29 is 71.5 Å². The van der Waals surface area contributed by atoms with Crippen LogP contribution in [0, 0.1) is 11.8 Å². The molecule has 0 saturated heterocycles. The van der Waals surface area contributed by atoms with Gasteiger partial charge in [0.2, 0.25) is 0 Å². The number of phosphoric acid groups is 2. The molecule has 17 heteroatoms. The van der Waals surface area contributed by atoms with E-state index in [-0.39, 0.29) is 30.5 Å². The normalized spacial score (nSPS) is 18.2. The molecule has 1 aliphatic carbocycles. The van der Waals surface area contributed by atoms with Gasteiger partial charge in [-0.3, -0.25) is 28.0 Å². The van der Waals surface area contributed by atoms with Crippen LogP contribution in [-0.4, -0.2) is 87.4 Å². The first kappa shape index (κ1) is 57.0. The Balaban J connectivity index is 2.52. The zero-order valence-electron chi connectivity index (χ0n) is 36.9. The lowest BCUT2D eigenvalue weighted by Crippen LogP contribution is -2.29. The number of phosphoric ester groups is 2. The minimum Gasteiger partial charge on any atom is -0.462 e. The molecule has 6 atom stereocenters. The predicted octanol–water partition coefficient (Wildman–Crippen LogP) is 9.29. The average molecular weight is 909 g/mol. The molecule has 0 amide bonds. The first-order valence-electron chi connectivity index (χ1n) is 22.7. The second-order valence-electron chi connectivity index (χ2n) is 16.0. The van der Waals surface area contributed by atoms with Crippen molar-refractivity contribution in [1.29, 1.82) is 0 Å². The van der Waals surface area contributed by atoms with E-state index in [0.29, 0.717) is 32.1 Å². The first-order chi connectivity index (χ1) is 29.2. The monoisotopic (exact) mass is 908 g/mol. The molecule has 354 valence electrons. The van der Waals surface area contributed by atoms with Crippen LogP contribution in [0.1, 0.15) is 168 Å². The molecule has 1 rings (SSSR count). The lowest BCUT2D eigenvalue weighted by atomic mass is 9.90. The van der Waals surface area contributed by atoms with E-state index in [4.69, 9.17) is 23.8 Å². The zero-order chi connectivity index (χ0) is 45.2. The molecular formula is C44H78O15P2. The van der Waals surface area contributed by atoms with Crippen molar-refractivity contribution in [3.63, 3.8) is 0 Å². The number of rotatable bonds is 40. The Bertz CT molecular complexity index is 1360. The van der Waals surface area contributed by atoms with Crippen molar-refractivity contribution >= 4 is 33.4 Å². The fraction of sp³-hybridized carbons (Fsp3) is 0.795. The maximum Gasteiger partial charge on any atom is 0.472 e. The number of allylic oxidation sites excluding steroid dienone is 5. The van der Waals surface area contributed by atoms with Crippen LogP contribution in [-0.2, 0) is 46.6 Å². The van der Waals surface area contributed by atoms with Gasteiger partial charge in [-0.05, 0) is 44.1 Å². The molecule has 0 aromatic rings. The van der Waals surface area contributed by atoms with Crippen LogP contribution < -0.4 is 0 Å². The molecule has 0 saturated carbocycles. The fourth-order valence-corrected chi connectivity index (χ4v) is 7.85. The van der Waals surface area contributed by atoms with Gasteiger partial charge in [0.05, 0.1) is 25.9 Å². The van der Waals surface area contributed by atoms with Gasteiger partial charge in [-0.25, -0.2) is 9.13 Å². The fourth-order valence-electron chi connectivity index (χ4n) is 6.69. The van der Waals surface area contributed by atoms with E-state index in [1.165, 1.54) is 70.6 Å². The largest absolute Gasteiger partial charge is 0.472 e. The van der Waals surface area contributed by atoms with Gasteiger partial charge in [0.25, 0.3) is 0 Å². The molecule has 0 radical (unpaired) electrons. The van der Waals surface area contributed by atoms with Gasteiger partial charge < -0.3 is 34.4 Å². The molecule has 0 spiro atoms. The highest BCUT2D eigenvalue weighted by molar-refractivity contribution is 7.47. The topological polar surface area (TPSA) is 233 Å². The number of ketones is 1. The number of aliphatic hydroxyl groups excluding tert-OH is 2. The van der Waals surface area contributed by atoms with E-state index in [1.54, 1.807) is 18.2 Å². The van der Waals surface area contributed by atoms with Crippen LogP contribution in [0.3, 0.4) is 0 Å². The highest BCUT2D eigenvalue weighted by Gasteiger charge is 2.29. The Morgan fingerprint density at radius 1 is 0.689 bits per heavy atom. The molecule has 0 fully saturated rings. The second-order valence-corrected chi connectivity index (χ2v) is 18.7. The van der Waals surface area contributed by atoms with Crippen LogP contribution in [0.2, 0.25) is 0 Å². The summed E-state index contributed by atoms with van der Waals surface area (Å²) in [5.41, 5.74) is 0. The minimum absolute atomic E-state index is 0.00174. The summed E-state index contributed by atoms with van der Waals surface area (Å²) in [6, 6.07) is 0. The number of ether oxygens (including phenoxy) is 2. The smallest absolute Gasteiger partial charge is 0.462 e. The van der Waals surface area contributed by atoms with Crippen LogP contribution >= 0.6 is 15.6 Å². The van der Waals surface area contributed by atoms with Gasteiger partial charge in [0, 0.05) is 18.8 Å². The Hall–Kier alpha value is -2.03. The number of esters is 2. The molecule has 0 aromatic heterocycles. The summed E-state index contributed by atoms with van der Waals surface area (Å²) in [6.45, 7) is 1.45. The van der Waals surface area contributed by atoms with Crippen molar-refractivity contribution in [3.05, 3.63) is 36.5 Å². The molecular weight excluding hydrogens is 830 g/mol. The molecule has 0 aliphatic heterocycles. The van der Waals surface area contributed by atoms with Crippen LogP contribution in [0.25, 0.3) is 0 Å². The molecule has 1 aliphatic rings. The minimum atomic E-state index is -4.89. The quantitative estimate of drug-likeness (QED) is 0.0167. The van der Waals surface area contributed by atoms with E-state index in [0.717, 1.165) is 38.5 Å². The summed E-state index contributed by atoms with van der Waals surface area (Å²) in [6.07, 6.45) is 30.5. The summed E-state index contributed by atoms with van der Waals surface area (Å²) >= 11 is 0. The van der Waals surface area contributed by atoms with Crippen molar-refractivity contribution in [1.82, 2.24) is 0 Å². The standard InChI is InChI=1S/C44H78O15P2/c1-3-5-7-8-9-10-11-12-13-14-15-16-17-18-23-27-43(48)55-35-40(36-58-61(53,54)57-34-39(46)33-56-60(50,51)52)59-44(49)28-24-20-19-22-25-37-29-32-42(47)41(37)31-30-38(45)26-21-6-4-2/h19,22,29-32,37-41,45-46H,3-18,20-21,23-28,33-36H2,1-2H3,(H,53,54)(H2,50,51,52)/b22-19-,31-30+/t37-,38-,39-,40+,41+/m0/s1. The molecule has 61 heavy (non-hydrogen) atoms. The molecule has 5 N–H and O–H groups in total. The van der Waals surface area contributed by atoms with E-state index in [9.17, 15) is 38.6 Å². The molecule has 0 bridgehead atoms. The van der Waals surface area contributed by atoms with Crippen LogP contribution in [0.15, 0.2) is 36.5 Å². The van der Waals surface area contributed by atoms with Crippen LogP contribution in [0.5, 0.6) is 0 Å². The van der Waals surface area contributed by atoms with E-state index in [1.807, 2.05) is 18.2 Å². The maximum absolute atomic E-state index is 12.8. The van der Waals surface area contributed by atoms with E-state index in [2.05, 4.69) is 22.9 Å². The Morgan fingerprint density at radius 3 is 1.84 bits per heavy atom. The zero-order valence-corrected chi connectivity index (χ0v) is 38.7. The Labute approximate surface area is 364 Å². The third-order valence-corrected chi connectivity index (χ3v) is 11.7. The lowest BCUT2D eigenvalue weighted by molar-refractivity contribution is -0.161. The van der Waals surface area contributed by atoms with Crippen molar-refractivity contribution in [2.24, 2.45) is 11.8 Å². The van der Waals surface area contributed by atoms with Crippen LogP contribution in [0.4, 0.5) is 0 Å². The lowest BCUT2D eigenvalue weighted by Gasteiger charge is -2.20. The van der Waals surface area contributed by atoms with Gasteiger partial charge in [0.15, 0.2) is 11.9 Å². The summed E-state index contributed by atoms with van der Waals surface area (Å²) in [5, 5.41) is 20.0. The number of carbonyl (C=O) groups excluding carboxylic acids is 3. The van der Waals surface area contributed by atoms with Crippen molar-refractivity contribution in [2.75, 3.05) is 26.4 Å². The summed E-state index contributed by atoms with van der Waals surface area (Å²) < 4.78 is 47.8. The average Bonchev–Trinajstić information content (AvgIpc) is 3.57. The molecule has 0 heterocycles. The van der Waals surface area contributed by atoms with Crippen molar-refractivity contribution in [3.8, 4) is 0 Å². The van der Waals surface area contributed by atoms with Gasteiger partial charge in [0.1, 0.15) is 12.7 Å². The first-order valence-corrected chi connectivity index (χ1v) is 25.8.